The van der Waals surface area contributed by atoms with E-state index in [1.807, 2.05) is 24.3 Å². The predicted molar refractivity (Wildman–Crippen MR) is 94.0 cm³/mol. The van der Waals surface area contributed by atoms with Crippen molar-refractivity contribution in [2.45, 2.75) is 26.2 Å². The molecule has 1 heterocycles. The maximum absolute atomic E-state index is 12.1. The Morgan fingerprint density at radius 1 is 0.917 bits per heavy atom. The summed E-state index contributed by atoms with van der Waals surface area (Å²) >= 11 is 0. The number of carbonyl (C=O) groups is 2. The summed E-state index contributed by atoms with van der Waals surface area (Å²) in [5.74, 6) is -0.401. The fraction of sp³-hybridized carbons (Fsp3) is 0.316. The second-order valence-electron chi connectivity index (χ2n) is 6.55. The minimum absolute atomic E-state index is 0.0603. The van der Waals surface area contributed by atoms with Crippen molar-refractivity contribution < 1.29 is 9.59 Å². The van der Waals surface area contributed by atoms with Gasteiger partial charge in [-0.3, -0.25) is 14.6 Å². The molecule has 0 bridgehead atoms. The zero-order valence-corrected chi connectivity index (χ0v) is 14.3. The lowest BCUT2D eigenvalue weighted by Gasteiger charge is -2.19. The van der Waals surface area contributed by atoms with Crippen LogP contribution in [-0.2, 0) is 5.41 Å². The lowest BCUT2D eigenvalue weighted by molar-refractivity contribution is 0.0925. The molecule has 0 atom stereocenters. The van der Waals surface area contributed by atoms with Gasteiger partial charge in [-0.1, -0.05) is 39.0 Å². The quantitative estimate of drug-likeness (QED) is 0.830. The molecule has 0 radical (unpaired) electrons. The fourth-order valence-corrected chi connectivity index (χ4v) is 2.16. The first-order valence-electron chi connectivity index (χ1n) is 7.96. The number of hydrogen-bond acceptors (Lipinski definition) is 3. The average Bonchev–Trinajstić information content (AvgIpc) is 2.58. The van der Waals surface area contributed by atoms with Crippen molar-refractivity contribution >= 4 is 11.8 Å². The standard InChI is InChI=1S/C19H23N3O2/c1-19(2,3)15-9-7-14(8-10-15)17(23)21-12-13-22-18(24)16-6-4-5-11-20-16/h4-11H,12-13H2,1-3H3,(H,21,23)(H,22,24). The molecule has 0 aliphatic carbocycles. The lowest BCUT2D eigenvalue weighted by Crippen LogP contribution is -2.35. The average molecular weight is 325 g/mol. The summed E-state index contributed by atoms with van der Waals surface area (Å²) in [5, 5.41) is 5.51. The molecule has 0 aliphatic heterocycles. The van der Waals surface area contributed by atoms with Gasteiger partial charge in [0.05, 0.1) is 0 Å². The molecule has 0 aliphatic rings. The van der Waals surface area contributed by atoms with Crippen LogP contribution in [0.5, 0.6) is 0 Å². The number of hydrogen-bond donors (Lipinski definition) is 2. The first-order chi connectivity index (χ1) is 11.4. The van der Waals surface area contributed by atoms with Gasteiger partial charge < -0.3 is 10.6 Å². The highest BCUT2D eigenvalue weighted by Crippen LogP contribution is 2.22. The van der Waals surface area contributed by atoms with E-state index in [4.69, 9.17) is 0 Å². The monoisotopic (exact) mass is 325 g/mol. The minimum Gasteiger partial charge on any atom is -0.350 e. The van der Waals surface area contributed by atoms with Crippen LogP contribution >= 0.6 is 0 Å². The van der Waals surface area contributed by atoms with E-state index in [0.29, 0.717) is 24.3 Å². The maximum atomic E-state index is 12.1. The summed E-state index contributed by atoms with van der Waals surface area (Å²) in [5.41, 5.74) is 2.22. The van der Waals surface area contributed by atoms with Crippen molar-refractivity contribution in [2.75, 3.05) is 13.1 Å². The van der Waals surface area contributed by atoms with E-state index >= 15 is 0 Å². The van der Waals surface area contributed by atoms with Crippen LogP contribution in [0.15, 0.2) is 48.7 Å². The molecule has 5 nitrogen and oxygen atoms in total. The first-order valence-corrected chi connectivity index (χ1v) is 7.96. The van der Waals surface area contributed by atoms with Gasteiger partial charge in [-0.25, -0.2) is 0 Å². The van der Waals surface area contributed by atoms with Crippen LogP contribution in [0.25, 0.3) is 0 Å². The van der Waals surface area contributed by atoms with Gasteiger partial charge in [0.15, 0.2) is 0 Å². The third-order valence-corrected chi connectivity index (χ3v) is 3.61. The molecule has 1 aromatic heterocycles. The highest BCUT2D eigenvalue weighted by atomic mass is 16.2. The van der Waals surface area contributed by atoms with Gasteiger partial charge in [0.2, 0.25) is 0 Å². The molecule has 2 N–H and O–H groups in total. The normalized spacial score (nSPS) is 11.0. The Labute approximate surface area is 142 Å². The highest BCUT2D eigenvalue weighted by Gasteiger charge is 2.14. The highest BCUT2D eigenvalue weighted by molar-refractivity contribution is 5.94. The molecule has 0 fully saturated rings. The zero-order chi connectivity index (χ0) is 17.6. The van der Waals surface area contributed by atoms with Gasteiger partial charge >= 0.3 is 0 Å². The first kappa shape index (κ1) is 17.7. The second kappa shape index (κ2) is 7.73. The van der Waals surface area contributed by atoms with Crippen LogP contribution in [0.2, 0.25) is 0 Å². The number of pyridine rings is 1. The molecular weight excluding hydrogens is 302 g/mol. The smallest absolute Gasteiger partial charge is 0.269 e. The molecule has 0 unspecified atom stereocenters. The lowest BCUT2D eigenvalue weighted by atomic mass is 9.87. The number of nitrogens with zero attached hydrogens (tertiary/aromatic N) is 1. The molecule has 0 saturated heterocycles. The second-order valence-corrected chi connectivity index (χ2v) is 6.55. The van der Waals surface area contributed by atoms with E-state index in [1.54, 1.807) is 24.4 Å². The third kappa shape index (κ3) is 4.91. The Balaban J connectivity index is 1.78. The Bertz CT molecular complexity index is 689. The molecular formula is C19H23N3O2. The molecule has 2 amide bonds. The molecule has 0 saturated carbocycles. The zero-order valence-electron chi connectivity index (χ0n) is 14.3. The van der Waals surface area contributed by atoms with E-state index in [2.05, 4.69) is 36.4 Å². The topological polar surface area (TPSA) is 71.1 Å². The number of benzene rings is 1. The van der Waals surface area contributed by atoms with Gasteiger partial charge in [0.25, 0.3) is 11.8 Å². The molecule has 2 aromatic rings. The van der Waals surface area contributed by atoms with Crippen LogP contribution < -0.4 is 10.6 Å². The Kier molecular flexibility index (Phi) is 5.68. The largest absolute Gasteiger partial charge is 0.350 e. The van der Waals surface area contributed by atoms with E-state index in [9.17, 15) is 9.59 Å². The molecule has 126 valence electrons. The molecule has 5 heteroatoms. The van der Waals surface area contributed by atoms with Gasteiger partial charge in [-0.2, -0.15) is 0 Å². The van der Waals surface area contributed by atoms with Crippen molar-refractivity contribution in [3.63, 3.8) is 0 Å². The number of rotatable bonds is 5. The Morgan fingerprint density at radius 2 is 1.54 bits per heavy atom. The predicted octanol–water partition coefficient (Wildman–Crippen LogP) is 2.54. The van der Waals surface area contributed by atoms with Crippen molar-refractivity contribution in [1.82, 2.24) is 15.6 Å². The SMILES string of the molecule is CC(C)(C)c1ccc(C(=O)NCCNC(=O)c2ccccn2)cc1. The number of aromatic nitrogens is 1. The number of nitrogens with one attached hydrogen (secondary N) is 2. The molecule has 2 rings (SSSR count). The van der Waals surface area contributed by atoms with E-state index < -0.39 is 0 Å². The fourth-order valence-electron chi connectivity index (χ4n) is 2.16. The van der Waals surface area contributed by atoms with E-state index in [0.717, 1.165) is 0 Å². The summed E-state index contributed by atoms with van der Waals surface area (Å²) in [6.07, 6.45) is 1.57. The number of amides is 2. The summed E-state index contributed by atoms with van der Waals surface area (Å²) in [4.78, 5) is 27.9. The van der Waals surface area contributed by atoms with Gasteiger partial charge in [-0.05, 0) is 35.2 Å². The molecule has 1 aromatic carbocycles. The Hall–Kier alpha value is -2.69. The van der Waals surface area contributed by atoms with Crippen molar-refractivity contribution in [2.24, 2.45) is 0 Å². The summed E-state index contributed by atoms with van der Waals surface area (Å²) in [7, 11) is 0. The van der Waals surface area contributed by atoms with Crippen LogP contribution in [0.3, 0.4) is 0 Å². The molecule has 24 heavy (non-hydrogen) atoms. The maximum Gasteiger partial charge on any atom is 0.269 e. The van der Waals surface area contributed by atoms with Crippen LogP contribution in [0.1, 0.15) is 47.2 Å². The third-order valence-electron chi connectivity index (χ3n) is 3.61. The Morgan fingerprint density at radius 3 is 2.08 bits per heavy atom. The van der Waals surface area contributed by atoms with Gasteiger partial charge in [0, 0.05) is 24.8 Å². The van der Waals surface area contributed by atoms with Gasteiger partial charge in [0.1, 0.15) is 5.69 Å². The van der Waals surface area contributed by atoms with Crippen molar-refractivity contribution in [3.05, 3.63) is 65.5 Å². The summed E-state index contributed by atoms with van der Waals surface area (Å²) < 4.78 is 0. The van der Waals surface area contributed by atoms with Crippen LogP contribution in [0, 0.1) is 0 Å². The van der Waals surface area contributed by atoms with Crippen molar-refractivity contribution in [1.29, 1.82) is 0 Å². The van der Waals surface area contributed by atoms with E-state index in [-0.39, 0.29) is 17.2 Å². The number of carbonyl (C=O) groups excluding carboxylic acids is 2. The summed E-state index contributed by atoms with van der Waals surface area (Å²) in [6.45, 7) is 7.10. The van der Waals surface area contributed by atoms with E-state index in [1.165, 1.54) is 5.56 Å². The molecule has 0 spiro atoms. The minimum atomic E-state index is -0.251. The van der Waals surface area contributed by atoms with Crippen LogP contribution in [-0.4, -0.2) is 29.9 Å². The van der Waals surface area contributed by atoms with Crippen molar-refractivity contribution in [3.8, 4) is 0 Å². The van der Waals surface area contributed by atoms with Crippen LogP contribution in [0.4, 0.5) is 0 Å². The summed E-state index contributed by atoms with van der Waals surface area (Å²) in [6, 6.07) is 12.7. The van der Waals surface area contributed by atoms with Gasteiger partial charge in [-0.15, -0.1) is 0 Å².